The summed E-state index contributed by atoms with van der Waals surface area (Å²) in [6.07, 6.45) is 1.72. The first-order valence-electron chi connectivity index (χ1n) is 7.02. The lowest BCUT2D eigenvalue weighted by Crippen LogP contribution is -1.84. The smallest absolute Gasteiger partial charge is 0.124 e. The molecule has 0 saturated carbocycles. The number of H-pyrrole nitrogens is 1. The second-order valence-electron chi connectivity index (χ2n) is 4.90. The lowest BCUT2D eigenvalue weighted by atomic mass is 10.1. The summed E-state index contributed by atoms with van der Waals surface area (Å²) in [6, 6.07) is 20.4. The highest BCUT2D eigenvalue weighted by Crippen LogP contribution is 2.32. The number of nitrogens with zero attached hydrogens (tertiary/aromatic N) is 2. The highest BCUT2D eigenvalue weighted by Gasteiger charge is 2.13. The molecule has 0 spiro atoms. The zero-order valence-corrected chi connectivity index (χ0v) is 12.5. The van der Waals surface area contributed by atoms with E-state index in [1.165, 1.54) is 0 Å². The van der Waals surface area contributed by atoms with Crippen molar-refractivity contribution >= 4 is 11.3 Å². The summed E-state index contributed by atoms with van der Waals surface area (Å²) in [6.45, 7) is 0. The molecule has 4 heteroatoms. The van der Waals surface area contributed by atoms with Crippen LogP contribution in [0.2, 0.25) is 0 Å². The summed E-state index contributed by atoms with van der Waals surface area (Å²) in [5.41, 5.74) is 5.06. The second kappa shape index (κ2) is 5.58. The zero-order valence-electron chi connectivity index (χ0n) is 11.7. The van der Waals surface area contributed by atoms with Crippen molar-refractivity contribution in [2.24, 2.45) is 0 Å². The molecule has 2 heterocycles. The van der Waals surface area contributed by atoms with E-state index < -0.39 is 0 Å². The minimum Gasteiger partial charge on any atom is -0.343 e. The van der Waals surface area contributed by atoms with Crippen molar-refractivity contribution in [2.75, 3.05) is 0 Å². The Morgan fingerprint density at radius 3 is 2.23 bits per heavy atom. The van der Waals surface area contributed by atoms with Gasteiger partial charge >= 0.3 is 0 Å². The molecular weight excluding hydrogens is 290 g/mol. The number of imidazole rings is 1. The maximum atomic E-state index is 4.76. The van der Waals surface area contributed by atoms with Gasteiger partial charge < -0.3 is 4.98 Å². The summed E-state index contributed by atoms with van der Waals surface area (Å²) >= 11 is 1.65. The quantitative estimate of drug-likeness (QED) is 0.587. The van der Waals surface area contributed by atoms with E-state index in [1.807, 2.05) is 36.4 Å². The van der Waals surface area contributed by atoms with Crippen molar-refractivity contribution < 1.29 is 0 Å². The van der Waals surface area contributed by atoms with Gasteiger partial charge in [-0.05, 0) is 0 Å². The lowest BCUT2D eigenvalue weighted by molar-refractivity contribution is 1.30. The summed E-state index contributed by atoms with van der Waals surface area (Å²) in [5.74, 6) is 0. The van der Waals surface area contributed by atoms with Crippen molar-refractivity contribution in [3.8, 4) is 33.2 Å². The van der Waals surface area contributed by atoms with Crippen LogP contribution in [0.3, 0.4) is 0 Å². The lowest BCUT2D eigenvalue weighted by Gasteiger charge is -2.00. The summed E-state index contributed by atoms with van der Waals surface area (Å²) in [7, 11) is 0. The molecule has 4 rings (SSSR count). The first kappa shape index (κ1) is 13.0. The van der Waals surface area contributed by atoms with Crippen LogP contribution >= 0.6 is 11.3 Å². The molecule has 2 aromatic carbocycles. The molecule has 0 fully saturated rings. The van der Waals surface area contributed by atoms with Gasteiger partial charge in [0, 0.05) is 16.5 Å². The fourth-order valence-corrected chi connectivity index (χ4v) is 3.22. The van der Waals surface area contributed by atoms with Crippen molar-refractivity contribution in [1.29, 1.82) is 0 Å². The van der Waals surface area contributed by atoms with Crippen LogP contribution in [0.15, 0.2) is 72.4 Å². The Morgan fingerprint density at radius 2 is 1.50 bits per heavy atom. The minimum atomic E-state index is 0.931. The first-order chi connectivity index (χ1) is 10.9. The Labute approximate surface area is 132 Å². The van der Waals surface area contributed by atoms with Crippen LogP contribution in [-0.4, -0.2) is 15.0 Å². The third-order valence-corrected chi connectivity index (χ3v) is 4.36. The van der Waals surface area contributed by atoms with Crippen LogP contribution in [-0.2, 0) is 0 Å². The van der Waals surface area contributed by atoms with Crippen LogP contribution < -0.4 is 0 Å². The van der Waals surface area contributed by atoms with Crippen LogP contribution in [0.4, 0.5) is 0 Å². The molecule has 0 atom stereocenters. The third-order valence-electron chi connectivity index (χ3n) is 3.47. The van der Waals surface area contributed by atoms with Gasteiger partial charge in [-0.3, -0.25) is 0 Å². The van der Waals surface area contributed by atoms with E-state index in [0.717, 1.165) is 33.2 Å². The molecule has 0 saturated heterocycles. The topological polar surface area (TPSA) is 41.6 Å². The molecule has 0 aliphatic heterocycles. The summed E-state index contributed by atoms with van der Waals surface area (Å²) in [5, 5.41) is 3.09. The van der Waals surface area contributed by atoms with E-state index in [4.69, 9.17) is 4.98 Å². The van der Waals surface area contributed by atoms with Gasteiger partial charge in [-0.15, -0.1) is 11.3 Å². The van der Waals surface area contributed by atoms with E-state index in [1.54, 1.807) is 17.7 Å². The van der Waals surface area contributed by atoms with E-state index in [9.17, 15) is 0 Å². The second-order valence-corrected chi connectivity index (χ2v) is 5.75. The monoisotopic (exact) mass is 303 g/mol. The number of nitrogens with one attached hydrogen (secondary N) is 1. The van der Waals surface area contributed by atoms with E-state index >= 15 is 0 Å². The third kappa shape index (κ3) is 2.34. The molecule has 0 bridgehead atoms. The normalized spacial score (nSPS) is 10.7. The maximum Gasteiger partial charge on any atom is 0.124 e. The Morgan fingerprint density at radius 1 is 0.818 bits per heavy atom. The van der Waals surface area contributed by atoms with Crippen molar-refractivity contribution in [1.82, 2.24) is 15.0 Å². The number of aromatic amines is 1. The summed E-state index contributed by atoms with van der Waals surface area (Å²) < 4.78 is 0. The van der Waals surface area contributed by atoms with Gasteiger partial charge in [0.25, 0.3) is 0 Å². The van der Waals surface area contributed by atoms with E-state index in [-0.39, 0.29) is 0 Å². The number of benzene rings is 2. The molecule has 0 radical (unpaired) electrons. The van der Waals surface area contributed by atoms with Gasteiger partial charge in [0.15, 0.2) is 0 Å². The predicted octanol–water partition coefficient (Wildman–Crippen LogP) is 4.87. The average Bonchev–Trinajstić information content (AvgIpc) is 3.25. The molecule has 22 heavy (non-hydrogen) atoms. The molecule has 0 aliphatic rings. The highest BCUT2D eigenvalue weighted by atomic mass is 32.1. The Bertz CT molecular complexity index is 879. The minimum absolute atomic E-state index is 0.931. The first-order valence-corrected chi connectivity index (χ1v) is 7.90. The Balaban J connectivity index is 1.76. The highest BCUT2D eigenvalue weighted by molar-refractivity contribution is 7.13. The average molecular weight is 303 g/mol. The van der Waals surface area contributed by atoms with Gasteiger partial charge in [-0.1, -0.05) is 60.7 Å². The van der Waals surface area contributed by atoms with Gasteiger partial charge in [0.1, 0.15) is 10.7 Å². The number of hydrogen-bond donors (Lipinski definition) is 1. The number of hydrogen-bond acceptors (Lipinski definition) is 3. The molecule has 3 nitrogen and oxygen atoms in total. The molecule has 106 valence electrons. The molecule has 1 N–H and O–H groups in total. The van der Waals surface area contributed by atoms with Crippen LogP contribution in [0, 0.1) is 0 Å². The summed E-state index contributed by atoms with van der Waals surface area (Å²) in [4.78, 5) is 12.4. The fourth-order valence-electron chi connectivity index (χ4n) is 2.41. The number of thiazole rings is 1. The molecular formula is C18H13N3S. The van der Waals surface area contributed by atoms with Crippen molar-refractivity contribution in [3.63, 3.8) is 0 Å². The standard InChI is InChI=1S/C18H13N3S/c1-3-7-13(8-4-1)16-17(20-12-19-16)15-11-22-18(21-15)14-9-5-2-6-10-14/h1-12H,(H,19,20). The number of rotatable bonds is 3. The Hall–Kier alpha value is -2.72. The molecule has 4 aromatic rings. The Kier molecular flexibility index (Phi) is 3.29. The van der Waals surface area contributed by atoms with E-state index in [0.29, 0.717) is 0 Å². The van der Waals surface area contributed by atoms with Gasteiger partial charge in [-0.2, -0.15) is 0 Å². The van der Waals surface area contributed by atoms with Crippen molar-refractivity contribution in [2.45, 2.75) is 0 Å². The predicted molar refractivity (Wildman–Crippen MR) is 90.6 cm³/mol. The van der Waals surface area contributed by atoms with Gasteiger partial charge in [0.2, 0.25) is 0 Å². The largest absolute Gasteiger partial charge is 0.343 e. The molecule has 0 aliphatic carbocycles. The SMILES string of the molecule is c1ccc(-c2nc(-c3[nH]cnc3-c3ccccc3)cs2)cc1. The zero-order chi connectivity index (χ0) is 14.8. The number of aromatic nitrogens is 3. The molecule has 2 aromatic heterocycles. The van der Waals surface area contributed by atoms with Crippen LogP contribution in [0.25, 0.3) is 33.2 Å². The van der Waals surface area contributed by atoms with Gasteiger partial charge in [-0.25, -0.2) is 9.97 Å². The van der Waals surface area contributed by atoms with Crippen molar-refractivity contribution in [3.05, 3.63) is 72.4 Å². The molecule has 0 unspecified atom stereocenters. The van der Waals surface area contributed by atoms with Gasteiger partial charge in [0.05, 0.1) is 17.7 Å². The van der Waals surface area contributed by atoms with Crippen LogP contribution in [0.5, 0.6) is 0 Å². The molecule has 0 amide bonds. The van der Waals surface area contributed by atoms with E-state index in [2.05, 4.69) is 39.6 Å². The van der Waals surface area contributed by atoms with Crippen LogP contribution in [0.1, 0.15) is 0 Å². The fraction of sp³-hybridized carbons (Fsp3) is 0. The maximum absolute atomic E-state index is 4.76.